The fourth-order valence-corrected chi connectivity index (χ4v) is 0.702. The van der Waals surface area contributed by atoms with Crippen molar-refractivity contribution in [2.24, 2.45) is 0 Å². The molecule has 0 spiro atoms. The molecule has 0 fully saturated rings. The maximum Gasteiger partial charge on any atom is 0.128 e. The van der Waals surface area contributed by atoms with E-state index in [9.17, 15) is 5.11 Å². The van der Waals surface area contributed by atoms with Crippen LogP contribution in [0.3, 0.4) is 0 Å². The predicted octanol–water partition coefficient (Wildman–Crippen LogP) is 1.91. The standard InChI is InChI=1S/C5H11OS/c1-3-5(2)7-4-6/h5H,3-4H2,1-2H3. The molecule has 0 rings (SSSR count). The third kappa shape index (κ3) is 4.16. The molecule has 0 saturated carbocycles. The van der Waals surface area contributed by atoms with E-state index in [1.165, 1.54) is 11.8 Å². The molecule has 0 aliphatic carbocycles. The van der Waals surface area contributed by atoms with Crippen LogP contribution in [-0.2, 0) is 5.11 Å². The second-order valence-corrected chi connectivity index (χ2v) is 2.88. The maximum absolute atomic E-state index is 9.86. The van der Waals surface area contributed by atoms with Gasteiger partial charge in [-0.05, 0) is 6.42 Å². The molecule has 0 aromatic carbocycles. The predicted molar refractivity (Wildman–Crippen MR) is 32.9 cm³/mol. The first-order valence-corrected chi connectivity index (χ1v) is 3.55. The summed E-state index contributed by atoms with van der Waals surface area (Å²) in [5, 5.41) is 10.4. The number of hydrogen-bond donors (Lipinski definition) is 0. The molecule has 1 radical (unpaired) electrons. The van der Waals surface area contributed by atoms with E-state index in [4.69, 9.17) is 0 Å². The van der Waals surface area contributed by atoms with E-state index >= 15 is 0 Å². The molecule has 1 unspecified atom stereocenters. The van der Waals surface area contributed by atoms with Gasteiger partial charge < -0.3 is 0 Å². The summed E-state index contributed by atoms with van der Waals surface area (Å²) in [6.07, 6.45) is 1.10. The van der Waals surface area contributed by atoms with Crippen LogP contribution in [-0.4, -0.2) is 11.2 Å². The molecule has 1 nitrogen and oxygen atoms in total. The van der Waals surface area contributed by atoms with Crippen LogP contribution in [0.4, 0.5) is 0 Å². The summed E-state index contributed by atoms with van der Waals surface area (Å²) in [5.74, 6) is 0.00894. The minimum Gasteiger partial charge on any atom is -0.225 e. The van der Waals surface area contributed by atoms with Crippen LogP contribution in [0.25, 0.3) is 0 Å². The Balaban J connectivity index is 2.83. The molecule has 1 atom stereocenters. The first kappa shape index (κ1) is 7.31. The summed E-state index contributed by atoms with van der Waals surface area (Å²) < 4.78 is 0. The van der Waals surface area contributed by atoms with E-state index in [-0.39, 0.29) is 5.94 Å². The van der Waals surface area contributed by atoms with Crippen molar-refractivity contribution in [1.82, 2.24) is 0 Å². The maximum atomic E-state index is 9.86. The second kappa shape index (κ2) is 4.47. The Hall–Kier alpha value is 0.310. The van der Waals surface area contributed by atoms with Gasteiger partial charge in [0.15, 0.2) is 0 Å². The largest absolute Gasteiger partial charge is 0.225 e. The van der Waals surface area contributed by atoms with Gasteiger partial charge in [0.2, 0.25) is 0 Å². The quantitative estimate of drug-likeness (QED) is 0.519. The number of thioether (sulfide) groups is 1. The molecule has 0 aliphatic rings. The van der Waals surface area contributed by atoms with Crippen molar-refractivity contribution in [1.29, 1.82) is 0 Å². The van der Waals surface area contributed by atoms with Gasteiger partial charge >= 0.3 is 0 Å². The van der Waals surface area contributed by atoms with Gasteiger partial charge in [0, 0.05) is 5.25 Å². The van der Waals surface area contributed by atoms with Crippen LogP contribution in [0.1, 0.15) is 20.3 Å². The Bertz CT molecular complexity index is 39.1. The van der Waals surface area contributed by atoms with Crippen LogP contribution in [0, 0.1) is 0 Å². The van der Waals surface area contributed by atoms with E-state index in [0.29, 0.717) is 5.25 Å². The highest BCUT2D eigenvalue weighted by molar-refractivity contribution is 7.99. The lowest BCUT2D eigenvalue weighted by Crippen LogP contribution is -1.91. The minimum absolute atomic E-state index is 0.00894. The zero-order valence-corrected chi connectivity index (χ0v) is 5.62. The average Bonchev–Trinajstić information content (AvgIpc) is 1.68. The van der Waals surface area contributed by atoms with Crippen molar-refractivity contribution < 1.29 is 5.11 Å². The third-order valence-electron chi connectivity index (χ3n) is 0.927. The molecule has 0 aromatic heterocycles. The molecule has 0 N–H and O–H groups in total. The summed E-state index contributed by atoms with van der Waals surface area (Å²) in [5.41, 5.74) is 0. The van der Waals surface area contributed by atoms with Crippen LogP contribution in [0.15, 0.2) is 0 Å². The minimum atomic E-state index is 0.00894. The molecule has 0 aliphatic heterocycles. The van der Waals surface area contributed by atoms with Crippen molar-refractivity contribution in [3.05, 3.63) is 0 Å². The van der Waals surface area contributed by atoms with Crippen molar-refractivity contribution in [2.45, 2.75) is 25.5 Å². The lowest BCUT2D eigenvalue weighted by Gasteiger charge is -2.00. The lowest BCUT2D eigenvalue weighted by atomic mass is 10.4. The highest BCUT2D eigenvalue weighted by Gasteiger charge is 1.94. The highest BCUT2D eigenvalue weighted by atomic mass is 32.2. The van der Waals surface area contributed by atoms with E-state index in [1.807, 2.05) is 0 Å². The van der Waals surface area contributed by atoms with Crippen LogP contribution in [0.5, 0.6) is 0 Å². The Kier molecular flexibility index (Phi) is 4.67. The summed E-state index contributed by atoms with van der Waals surface area (Å²) >= 11 is 1.48. The SMILES string of the molecule is CCC(C)SC[O]. The fraction of sp³-hybridized carbons (Fsp3) is 1.00. The molecule has 0 amide bonds. The Morgan fingerprint density at radius 3 is 2.43 bits per heavy atom. The average molecular weight is 119 g/mol. The van der Waals surface area contributed by atoms with Gasteiger partial charge in [-0.25, -0.2) is 5.11 Å². The van der Waals surface area contributed by atoms with Gasteiger partial charge in [-0.15, -0.1) is 11.8 Å². The second-order valence-electron chi connectivity index (χ2n) is 1.50. The topological polar surface area (TPSA) is 19.9 Å². The highest BCUT2D eigenvalue weighted by Crippen LogP contribution is 2.10. The molecule has 0 aromatic rings. The van der Waals surface area contributed by atoms with Crippen LogP contribution >= 0.6 is 11.8 Å². The smallest absolute Gasteiger partial charge is 0.128 e. The van der Waals surface area contributed by atoms with Crippen molar-refractivity contribution in [3.8, 4) is 0 Å². The van der Waals surface area contributed by atoms with Crippen molar-refractivity contribution in [3.63, 3.8) is 0 Å². The fourth-order valence-electron chi connectivity index (χ4n) is 0.234. The van der Waals surface area contributed by atoms with Gasteiger partial charge in [0.1, 0.15) is 5.94 Å². The zero-order chi connectivity index (χ0) is 5.70. The van der Waals surface area contributed by atoms with E-state index < -0.39 is 0 Å². The van der Waals surface area contributed by atoms with Crippen LogP contribution < -0.4 is 0 Å². The molecule has 43 valence electrons. The van der Waals surface area contributed by atoms with Crippen molar-refractivity contribution >= 4 is 11.8 Å². The van der Waals surface area contributed by atoms with E-state index in [1.54, 1.807) is 0 Å². The molecule has 0 heterocycles. The molecule has 0 bridgehead atoms. The van der Waals surface area contributed by atoms with Gasteiger partial charge in [0.25, 0.3) is 0 Å². The Morgan fingerprint density at radius 2 is 2.29 bits per heavy atom. The summed E-state index contributed by atoms with van der Waals surface area (Å²) in [6.45, 7) is 4.16. The van der Waals surface area contributed by atoms with Gasteiger partial charge in [-0.1, -0.05) is 13.8 Å². The van der Waals surface area contributed by atoms with Gasteiger partial charge in [0.05, 0.1) is 0 Å². The first-order chi connectivity index (χ1) is 3.31. The number of rotatable bonds is 3. The molecular formula is C5H11OS. The number of hydrogen-bond acceptors (Lipinski definition) is 1. The van der Waals surface area contributed by atoms with E-state index in [0.717, 1.165) is 6.42 Å². The summed E-state index contributed by atoms with van der Waals surface area (Å²) in [7, 11) is 0. The van der Waals surface area contributed by atoms with Crippen molar-refractivity contribution in [2.75, 3.05) is 5.94 Å². The Morgan fingerprint density at radius 1 is 1.71 bits per heavy atom. The van der Waals surface area contributed by atoms with Gasteiger partial charge in [-0.2, -0.15) is 0 Å². The zero-order valence-electron chi connectivity index (χ0n) is 4.81. The lowest BCUT2D eigenvalue weighted by molar-refractivity contribution is 0.260. The summed E-state index contributed by atoms with van der Waals surface area (Å²) in [6, 6.07) is 0. The molecule has 0 saturated heterocycles. The van der Waals surface area contributed by atoms with Crippen LogP contribution in [0.2, 0.25) is 0 Å². The Labute approximate surface area is 49.1 Å². The molecule has 2 heteroatoms. The van der Waals surface area contributed by atoms with E-state index in [2.05, 4.69) is 13.8 Å². The van der Waals surface area contributed by atoms with Gasteiger partial charge in [-0.3, -0.25) is 0 Å². The normalized spacial score (nSPS) is 14.1. The monoisotopic (exact) mass is 119 g/mol. The molecular weight excluding hydrogens is 108 g/mol. The first-order valence-electron chi connectivity index (χ1n) is 2.51. The molecule has 7 heavy (non-hydrogen) atoms. The third-order valence-corrected chi connectivity index (χ3v) is 1.97. The summed E-state index contributed by atoms with van der Waals surface area (Å²) in [4.78, 5) is 0.